The number of hydrogen-bond donors (Lipinski definition) is 2. The number of anilines is 1. The average molecular weight is 258 g/mol. The highest BCUT2D eigenvalue weighted by molar-refractivity contribution is 6.04. The van der Waals surface area contributed by atoms with E-state index in [9.17, 15) is 9.59 Å². The minimum atomic E-state index is -0.272. The van der Waals surface area contributed by atoms with Crippen LogP contribution in [-0.4, -0.2) is 18.0 Å². The Morgan fingerprint density at radius 2 is 2.16 bits per heavy atom. The number of hydrogen-bond acceptors (Lipinski definition) is 3. The smallest absolute Gasteiger partial charge is 0.257 e. The van der Waals surface area contributed by atoms with E-state index in [1.54, 1.807) is 13.2 Å². The Bertz CT molecular complexity index is 614. The third kappa shape index (κ3) is 3.53. The molecule has 5 heteroatoms. The zero-order valence-electron chi connectivity index (χ0n) is 10.5. The molecule has 1 aromatic heterocycles. The molecule has 1 heterocycles. The molecule has 2 N–H and O–H groups in total. The second-order valence-corrected chi connectivity index (χ2v) is 4.03. The lowest BCUT2D eigenvalue weighted by atomic mass is 10.2. The maximum absolute atomic E-state index is 11.9. The van der Waals surface area contributed by atoms with E-state index in [1.807, 2.05) is 18.2 Å². The van der Waals surface area contributed by atoms with Crippen molar-refractivity contribution in [1.82, 2.24) is 4.98 Å². The number of aromatic amines is 1. The van der Waals surface area contributed by atoms with Gasteiger partial charge in [0.1, 0.15) is 0 Å². The standard InChI is InChI=1S/C14H14N2O3/c1-19-9-10-3-2-4-12(7-10)16-14(18)11-5-6-13(17)15-8-11/h2-8H,9H2,1H3,(H,15,17)(H,16,18). The van der Waals surface area contributed by atoms with Gasteiger partial charge in [0, 0.05) is 25.1 Å². The number of methoxy groups -OCH3 is 1. The van der Waals surface area contributed by atoms with Crippen molar-refractivity contribution >= 4 is 11.6 Å². The van der Waals surface area contributed by atoms with Gasteiger partial charge in [0.25, 0.3) is 5.91 Å². The van der Waals surface area contributed by atoms with Crippen molar-refractivity contribution < 1.29 is 9.53 Å². The predicted molar refractivity (Wildman–Crippen MR) is 72.2 cm³/mol. The topological polar surface area (TPSA) is 71.2 Å². The molecule has 1 amide bonds. The van der Waals surface area contributed by atoms with Gasteiger partial charge in [0.2, 0.25) is 5.56 Å². The molecule has 1 aromatic carbocycles. The van der Waals surface area contributed by atoms with Crippen LogP contribution in [0.4, 0.5) is 5.69 Å². The van der Waals surface area contributed by atoms with Crippen molar-refractivity contribution in [2.45, 2.75) is 6.61 Å². The van der Waals surface area contributed by atoms with E-state index in [2.05, 4.69) is 10.3 Å². The first-order chi connectivity index (χ1) is 9.19. The summed E-state index contributed by atoms with van der Waals surface area (Å²) >= 11 is 0. The van der Waals surface area contributed by atoms with Crippen LogP contribution in [0.3, 0.4) is 0 Å². The lowest BCUT2D eigenvalue weighted by molar-refractivity contribution is 0.102. The number of H-pyrrole nitrogens is 1. The molecule has 2 rings (SSSR count). The van der Waals surface area contributed by atoms with Gasteiger partial charge in [-0.25, -0.2) is 0 Å². The number of amides is 1. The van der Waals surface area contributed by atoms with Gasteiger partial charge < -0.3 is 15.0 Å². The van der Waals surface area contributed by atoms with Crippen LogP contribution >= 0.6 is 0 Å². The lowest BCUT2D eigenvalue weighted by Gasteiger charge is -2.07. The van der Waals surface area contributed by atoms with E-state index in [0.717, 1.165) is 5.56 Å². The van der Waals surface area contributed by atoms with Crippen molar-refractivity contribution in [2.24, 2.45) is 0 Å². The van der Waals surface area contributed by atoms with Crippen LogP contribution in [0.2, 0.25) is 0 Å². The summed E-state index contributed by atoms with van der Waals surface area (Å²) in [5.74, 6) is -0.272. The molecule has 0 aliphatic carbocycles. The number of ether oxygens (including phenoxy) is 1. The normalized spacial score (nSPS) is 10.2. The Labute approximate surface area is 110 Å². The molecule has 0 saturated heterocycles. The van der Waals surface area contributed by atoms with Crippen molar-refractivity contribution in [3.63, 3.8) is 0 Å². The van der Waals surface area contributed by atoms with Gasteiger partial charge in [-0.2, -0.15) is 0 Å². The number of nitrogens with one attached hydrogen (secondary N) is 2. The van der Waals surface area contributed by atoms with E-state index in [1.165, 1.54) is 18.3 Å². The molecule has 0 spiro atoms. The highest BCUT2D eigenvalue weighted by Gasteiger charge is 2.06. The summed E-state index contributed by atoms with van der Waals surface area (Å²) in [6.07, 6.45) is 1.39. The van der Waals surface area contributed by atoms with Gasteiger partial charge in [0.15, 0.2) is 0 Å². The SMILES string of the molecule is COCc1cccc(NC(=O)c2ccc(=O)[nH]c2)c1. The van der Waals surface area contributed by atoms with Crippen molar-refractivity contribution in [3.8, 4) is 0 Å². The minimum Gasteiger partial charge on any atom is -0.380 e. The first-order valence-corrected chi connectivity index (χ1v) is 5.77. The van der Waals surface area contributed by atoms with Gasteiger partial charge in [-0.3, -0.25) is 9.59 Å². The second-order valence-electron chi connectivity index (χ2n) is 4.03. The van der Waals surface area contributed by atoms with Crippen molar-refractivity contribution in [1.29, 1.82) is 0 Å². The zero-order chi connectivity index (χ0) is 13.7. The van der Waals surface area contributed by atoms with Gasteiger partial charge in [0.05, 0.1) is 12.2 Å². The average Bonchev–Trinajstić information content (AvgIpc) is 2.40. The Morgan fingerprint density at radius 3 is 2.84 bits per heavy atom. The summed E-state index contributed by atoms with van der Waals surface area (Å²) in [5.41, 5.74) is 1.82. The Balaban J connectivity index is 2.12. The van der Waals surface area contributed by atoms with Crippen LogP contribution in [0.1, 0.15) is 15.9 Å². The van der Waals surface area contributed by atoms with Crippen molar-refractivity contribution in [2.75, 3.05) is 12.4 Å². The van der Waals surface area contributed by atoms with Crippen LogP contribution in [0.15, 0.2) is 47.4 Å². The third-order valence-electron chi connectivity index (χ3n) is 2.54. The largest absolute Gasteiger partial charge is 0.380 e. The number of rotatable bonds is 4. The number of carbonyl (C=O) groups excluding carboxylic acids is 1. The Kier molecular flexibility index (Phi) is 4.10. The Morgan fingerprint density at radius 1 is 1.32 bits per heavy atom. The highest BCUT2D eigenvalue weighted by Crippen LogP contribution is 2.12. The summed E-state index contributed by atoms with van der Waals surface area (Å²) in [4.78, 5) is 25.3. The molecule has 0 fully saturated rings. The molecule has 0 aliphatic rings. The maximum Gasteiger partial charge on any atom is 0.257 e. The number of carbonyl (C=O) groups is 1. The van der Waals surface area contributed by atoms with Crippen LogP contribution in [-0.2, 0) is 11.3 Å². The molecule has 5 nitrogen and oxygen atoms in total. The highest BCUT2D eigenvalue weighted by atomic mass is 16.5. The number of aromatic nitrogens is 1. The second kappa shape index (κ2) is 5.97. The van der Waals surface area contributed by atoms with Crippen molar-refractivity contribution in [3.05, 3.63) is 64.1 Å². The molecular formula is C14H14N2O3. The van der Waals surface area contributed by atoms with Crippen LogP contribution in [0, 0.1) is 0 Å². The van der Waals surface area contributed by atoms with E-state index in [0.29, 0.717) is 17.9 Å². The fourth-order valence-electron chi connectivity index (χ4n) is 1.66. The molecule has 98 valence electrons. The summed E-state index contributed by atoms with van der Waals surface area (Å²) in [6.45, 7) is 0.488. The monoisotopic (exact) mass is 258 g/mol. The number of benzene rings is 1. The number of pyridine rings is 1. The van der Waals surface area contributed by atoms with Gasteiger partial charge in [-0.05, 0) is 23.8 Å². The summed E-state index contributed by atoms with van der Waals surface area (Å²) < 4.78 is 5.03. The molecule has 0 bridgehead atoms. The van der Waals surface area contributed by atoms with E-state index in [4.69, 9.17) is 4.74 Å². The molecule has 2 aromatic rings. The lowest BCUT2D eigenvalue weighted by Crippen LogP contribution is -2.14. The maximum atomic E-state index is 11.9. The molecule has 0 radical (unpaired) electrons. The minimum absolute atomic E-state index is 0.237. The van der Waals surface area contributed by atoms with Gasteiger partial charge in [-0.15, -0.1) is 0 Å². The van der Waals surface area contributed by atoms with E-state index >= 15 is 0 Å². The quantitative estimate of drug-likeness (QED) is 0.878. The van der Waals surface area contributed by atoms with Crippen LogP contribution in [0.5, 0.6) is 0 Å². The van der Waals surface area contributed by atoms with Gasteiger partial charge in [-0.1, -0.05) is 12.1 Å². The summed E-state index contributed by atoms with van der Waals surface area (Å²) in [7, 11) is 1.62. The van der Waals surface area contributed by atoms with Gasteiger partial charge >= 0.3 is 0 Å². The molecule has 0 saturated carbocycles. The van der Waals surface area contributed by atoms with Crippen LogP contribution in [0.25, 0.3) is 0 Å². The first kappa shape index (κ1) is 13.0. The molecule has 0 aliphatic heterocycles. The molecule has 0 atom stereocenters. The fraction of sp³-hybridized carbons (Fsp3) is 0.143. The first-order valence-electron chi connectivity index (χ1n) is 5.77. The predicted octanol–water partition coefficient (Wildman–Crippen LogP) is 1.77. The van der Waals surface area contributed by atoms with Crippen LogP contribution < -0.4 is 10.9 Å². The zero-order valence-corrected chi connectivity index (χ0v) is 10.5. The third-order valence-corrected chi connectivity index (χ3v) is 2.54. The molecule has 0 unspecified atom stereocenters. The van der Waals surface area contributed by atoms with E-state index in [-0.39, 0.29) is 11.5 Å². The molecular weight excluding hydrogens is 244 g/mol. The fourth-order valence-corrected chi connectivity index (χ4v) is 1.66. The summed E-state index contributed by atoms with van der Waals surface area (Å²) in [6, 6.07) is 10.2. The summed E-state index contributed by atoms with van der Waals surface area (Å²) in [5, 5.41) is 2.76. The molecule has 19 heavy (non-hydrogen) atoms. The Hall–Kier alpha value is -2.40. The van der Waals surface area contributed by atoms with E-state index < -0.39 is 0 Å².